The highest BCUT2D eigenvalue weighted by atomic mass is 79.9. The van der Waals surface area contributed by atoms with Gasteiger partial charge < -0.3 is 19.6 Å². The summed E-state index contributed by atoms with van der Waals surface area (Å²) >= 11 is 3.37. The molecule has 3 rings (SSSR count). The molecule has 1 heterocycles. The van der Waals surface area contributed by atoms with Gasteiger partial charge in [0.05, 0.1) is 18.7 Å². The highest BCUT2D eigenvalue weighted by Gasteiger charge is 2.45. The first kappa shape index (κ1) is 22.1. The minimum Gasteiger partial charge on any atom is -0.507 e. The van der Waals surface area contributed by atoms with E-state index in [9.17, 15) is 14.7 Å². The van der Waals surface area contributed by atoms with Crippen molar-refractivity contribution in [3.8, 4) is 5.75 Å². The molecule has 1 atom stereocenters. The van der Waals surface area contributed by atoms with Gasteiger partial charge in [0.2, 0.25) is 0 Å². The number of halogens is 1. The van der Waals surface area contributed by atoms with Crippen LogP contribution in [0, 0.1) is 0 Å². The van der Waals surface area contributed by atoms with Gasteiger partial charge in [-0.15, -0.1) is 0 Å². The average molecular weight is 473 g/mol. The number of carbonyl (C=O) groups is 2. The van der Waals surface area contributed by atoms with Crippen LogP contribution in [0.1, 0.15) is 23.6 Å². The Morgan fingerprint density at radius 3 is 2.30 bits per heavy atom. The van der Waals surface area contributed by atoms with E-state index >= 15 is 0 Å². The number of rotatable bonds is 7. The number of aliphatic hydroxyl groups is 1. The fraction of sp³-hybridized carbons (Fsp3) is 0.304. The second-order valence-corrected chi connectivity index (χ2v) is 8.35. The van der Waals surface area contributed by atoms with E-state index in [0.717, 1.165) is 16.6 Å². The summed E-state index contributed by atoms with van der Waals surface area (Å²) in [5.74, 6) is -0.748. The highest BCUT2D eigenvalue weighted by molar-refractivity contribution is 9.10. The molecular weight excluding hydrogens is 448 g/mol. The van der Waals surface area contributed by atoms with Gasteiger partial charge in [0.1, 0.15) is 11.5 Å². The van der Waals surface area contributed by atoms with E-state index in [1.165, 1.54) is 0 Å². The Hall–Kier alpha value is -2.64. The topological polar surface area (TPSA) is 70.1 Å². The molecule has 1 saturated heterocycles. The minimum atomic E-state index is -0.666. The number of hydrogen-bond acceptors (Lipinski definition) is 5. The Kier molecular flexibility index (Phi) is 6.95. The standard InChI is InChI=1S/C23H25BrN2O4/c1-25(2)13-4-14-26-20(15-7-11-18(30-3)12-8-15)19(22(28)23(26)29)21(27)16-5-9-17(24)10-6-16/h5-12,20,27H,4,13-14H2,1-3H3/t20-/m1/s1. The summed E-state index contributed by atoms with van der Waals surface area (Å²) < 4.78 is 6.08. The minimum absolute atomic E-state index is 0.109. The van der Waals surface area contributed by atoms with E-state index in [2.05, 4.69) is 15.9 Å². The molecule has 2 aromatic carbocycles. The van der Waals surface area contributed by atoms with Crippen molar-refractivity contribution in [1.29, 1.82) is 0 Å². The molecule has 2 aromatic rings. The number of benzene rings is 2. The zero-order valence-corrected chi connectivity index (χ0v) is 18.8. The summed E-state index contributed by atoms with van der Waals surface area (Å²) in [6, 6.07) is 13.6. The summed E-state index contributed by atoms with van der Waals surface area (Å²) in [4.78, 5) is 29.4. The van der Waals surface area contributed by atoms with Crippen molar-refractivity contribution in [2.24, 2.45) is 0 Å². The van der Waals surface area contributed by atoms with E-state index in [0.29, 0.717) is 24.3 Å². The van der Waals surface area contributed by atoms with Crippen molar-refractivity contribution in [1.82, 2.24) is 9.80 Å². The number of Topliss-reactive ketones (excluding diaryl/α,β-unsaturated/α-hetero) is 1. The Balaban J connectivity index is 2.07. The normalized spacial score (nSPS) is 18.3. The van der Waals surface area contributed by atoms with Gasteiger partial charge in [-0.05, 0) is 56.9 Å². The van der Waals surface area contributed by atoms with Crippen LogP contribution in [0.5, 0.6) is 5.75 Å². The fourth-order valence-electron chi connectivity index (χ4n) is 3.56. The van der Waals surface area contributed by atoms with Crippen LogP contribution in [-0.2, 0) is 9.59 Å². The average Bonchev–Trinajstić information content (AvgIpc) is 2.98. The molecule has 30 heavy (non-hydrogen) atoms. The number of ether oxygens (including phenoxy) is 1. The van der Waals surface area contributed by atoms with Crippen molar-refractivity contribution in [3.63, 3.8) is 0 Å². The van der Waals surface area contributed by atoms with Crippen LogP contribution in [0.15, 0.2) is 58.6 Å². The number of ketones is 1. The van der Waals surface area contributed by atoms with Gasteiger partial charge in [-0.3, -0.25) is 9.59 Å². The molecule has 0 bridgehead atoms. The van der Waals surface area contributed by atoms with Crippen molar-refractivity contribution >= 4 is 33.4 Å². The maximum Gasteiger partial charge on any atom is 0.295 e. The Morgan fingerprint density at radius 2 is 1.73 bits per heavy atom. The predicted octanol–water partition coefficient (Wildman–Crippen LogP) is 3.83. The lowest BCUT2D eigenvalue weighted by Gasteiger charge is -2.26. The monoisotopic (exact) mass is 472 g/mol. The van der Waals surface area contributed by atoms with Crippen LogP contribution in [0.4, 0.5) is 0 Å². The number of aliphatic hydroxyl groups excluding tert-OH is 1. The predicted molar refractivity (Wildman–Crippen MR) is 119 cm³/mol. The summed E-state index contributed by atoms with van der Waals surface area (Å²) in [6.07, 6.45) is 0.713. The van der Waals surface area contributed by atoms with Crippen molar-refractivity contribution < 1.29 is 19.4 Å². The Labute approximate surface area is 184 Å². The molecule has 0 aromatic heterocycles. The zero-order valence-electron chi connectivity index (χ0n) is 17.3. The zero-order chi connectivity index (χ0) is 21.8. The third-order valence-electron chi connectivity index (χ3n) is 5.09. The quantitative estimate of drug-likeness (QED) is 0.376. The molecule has 1 amide bonds. The van der Waals surface area contributed by atoms with E-state index in [1.54, 1.807) is 48.4 Å². The first-order chi connectivity index (χ1) is 14.3. The van der Waals surface area contributed by atoms with Crippen LogP contribution in [0.3, 0.4) is 0 Å². The summed E-state index contributed by atoms with van der Waals surface area (Å²) in [5, 5.41) is 11.0. The van der Waals surface area contributed by atoms with Crippen molar-refractivity contribution in [2.75, 3.05) is 34.3 Å². The smallest absolute Gasteiger partial charge is 0.295 e. The Morgan fingerprint density at radius 1 is 1.10 bits per heavy atom. The Bertz CT molecular complexity index is 952. The number of amides is 1. The first-order valence-corrected chi connectivity index (χ1v) is 10.5. The van der Waals surface area contributed by atoms with Crippen molar-refractivity contribution in [2.45, 2.75) is 12.5 Å². The number of hydrogen-bond donors (Lipinski definition) is 1. The lowest BCUT2D eigenvalue weighted by atomic mass is 9.95. The molecule has 0 saturated carbocycles. The van der Waals surface area contributed by atoms with Gasteiger partial charge >= 0.3 is 0 Å². The maximum absolute atomic E-state index is 12.9. The third-order valence-corrected chi connectivity index (χ3v) is 5.62. The molecule has 0 aliphatic carbocycles. The van der Waals surface area contributed by atoms with Crippen LogP contribution in [-0.4, -0.2) is 60.9 Å². The molecule has 1 fully saturated rings. The summed E-state index contributed by atoms with van der Waals surface area (Å²) in [6.45, 7) is 1.20. The second kappa shape index (κ2) is 9.45. The summed E-state index contributed by atoms with van der Waals surface area (Å²) in [7, 11) is 5.50. The third kappa shape index (κ3) is 4.57. The van der Waals surface area contributed by atoms with Gasteiger partial charge in [-0.25, -0.2) is 0 Å². The molecule has 1 N–H and O–H groups in total. The van der Waals surface area contributed by atoms with Crippen LogP contribution < -0.4 is 4.74 Å². The number of methoxy groups -OCH3 is 1. The lowest BCUT2D eigenvalue weighted by Crippen LogP contribution is -2.32. The van der Waals surface area contributed by atoms with Gasteiger partial charge in [-0.2, -0.15) is 0 Å². The molecule has 0 unspecified atom stereocenters. The molecule has 0 radical (unpaired) electrons. The van der Waals surface area contributed by atoms with E-state index < -0.39 is 17.7 Å². The van der Waals surface area contributed by atoms with Crippen LogP contribution in [0.25, 0.3) is 5.76 Å². The molecule has 158 valence electrons. The van der Waals surface area contributed by atoms with E-state index in [-0.39, 0.29) is 11.3 Å². The number of nitrogens with zero attached hydrogens (tertiary/aromatic N) is 2. The van der Waals surface area contributed by atoms with E-state index in [1.807, 2.05) is 31.1 Å². The lowest BCUT2D eigenvalue weighted by molar-refractivity contribution is -0.139. The fourth-order valence-corrected chi connectivity index (χ4v) is 3.83. The second-order valence-electron chi connectivity index (χ2n) is 7.43. The number of likely N-dealkylation sites (tertiary alicyclic amines) is 1. The van der Waals surface area contributed by atoms with Crippen LogP contribution in [0.2, 0.25) is 0 Å². The maximum atomic E-state index is 12.9. The largest absolute Gasteiger partial charge is 0.507 e. The first-order valence-electron chi connectivity index (χ1n) is 9.66. The van der Waals surface area contributed by atoms with Crippen molar-refractivity contribution in [3.05, 3.63) is 69.7 Å². The molecule has 1 aliphatic rings. The van der Waals surface area contributed by atoms with E-state index in [4.69, 9.17) is 4.74 Å². The molecule has 7 heteroatoms. The molecule has 6 nitrogen and oxygen atoms in total. The van der Waals surface area contributed by atoms with Gasteiger partial charge in [0.15, 0.2) is 0 Å². The van der Waals surface area contributed by atoms with Gasteiger partial charge in [0.25, 0.3) is 11.7 Å². The van der Waals surface area contributed by atoms with Crippen LogP contribution >= 0.6 is 15.9 Å². The van der Waals surface area contributed by atoms with Gasteiger partial charge in [-0.1, -0.05) is 40.2 Å². The molecular formula is C23H25BrN2O4. The highest BCUT2D eigenvalue weighted by Crippen LogP contribution is 2.40. The van der Waals surface area contributed by atoms with Gasteiger partial charge in [0, 0.05) is 16.6 Å². The molecule has 0 spiro atoms. The SMILES string of the molecule is COc1ccc([C@@H]2C(=C(O)c3ccc(Br)cc3)C(=O)C(=O)N2CCCN(C)C)cc1. The molecule has 1 aliphatic heterocycles. The summed E-state index contributed by atoms with van der Waals surface area (Å²) in [5.41, 5.74) is 1.35. The number of carbonyl (C=O) groups excluding carboxylic acids is 2.